The van der Waals surface area contributed by atoms with Gasteiger partial charge in [-0.3, -0.25) is 0 Å². The second kappa shape index (κ2) is 7.23. The maximum absolute atomic E-state index is 12.1. The molecular weight excluding hydrogens is 366 g/mol. The third kappa shape index (κ3) is 2.64. The molecule has 0 radical (unpaired) electrons. The van der Waals surface area contributed by atoms with Crippen molar-refractivity contribution in [1.29, 1.82) is 0 Å². The molecule has 1 aliphatic rings. The highest BCUT2D eigenvalue weighted by molar-refractivity contribution is 6.04. The molecule has 0 saturated heterocycles. The molecule has 0 amide bonds. The van der Waals surface area contributed by atoms with Gasteiger partial charge < -0.3 is 5.11 Å². The van der Waals surface area contributed by atoms with Gasteiger partial charge in [-0.25, -0.2) is 4.98 Å². The lowest BCUT2D eigenvalue weighted by Crippen LogP contribution is -2.26. The minimum Gasteiger partial charge on any atom is -0.381 e. The van der Waals surface area contributed by atoms with Crippen molar-refractivity contribution in [2.75, 3.05) is 0 Å². The number of fused-ring (bicyclic) bond motifs is 3. The summed E-state index contributed by atoms with van der Waals surface area (Å²) in [6, 6.07) is 29.0. The number of hydrogen-bond acceptors (Lipinski definition) is 2. The van der Waals surface area contributed by atoms with Gasteiger partial charge in [0, 0.05) is 22.1 Å². The van der Waals surface area contributed by atoms with Gasteiger partial charge in [-0.15, -0.1) is 0 Å². The molecule has 148 valence electrons. The molecule has 1 aromatic heterocycles. The zero-order valence-corrected chi connectivity index (χ0v) is 17.4. The van der Waals surface area contributed by atoms with Crippen LogP contribution in [0.5, 0.6) is 0 Å². The van der Waals surface area contributed by atoms with Crippen LogP contribution < -0.4 is 0 Å². The molecule has 0 bridgehead atoms. The van der Waals surface area contributed by atoms with Gasteiger partial charge in [0.05, 0.1) is 11.2 Å². The molecule has 2 heteroatoms. The van der Waals surface area contributed by atoms with Crippen LogP contribution >= 0.6 is 0 Å². The molecule has 0 saturated carbocycles. The number of rotatable bonds is 4. The highest BCUT2D eigenvalue weighted by atomic mass is 16.3. The highest BCUT2D eigenvalue weighted by Gasteiger charge is 2.45. The summed E-state index contributed by atoms with van der Waals surface area (Å²) >= 11 is 0. The lowest BCUT2D eigenvalue weighted by molar-refractivity contribution is 0.0733. The van der Waals surface area contributed by atoms with E-state index in [4.69, 9.17) is 4.98 Å². The Balaban J connectivity index is 1.98. The van der Waals surface area contributed by atoms with Crippen molar-refractivity contribution in [2.45, 2.75) is 32.3 Å². The Labute approximate surface area is 177 Å². The lowest BCUT2D eigenvalue weighted by atomic mass is 9.83. The first-order valence-electron chi connectivity index (χ1n) is 10.7. The predicted molar refractivity (Wildman–Crippen MR) is 124 cm³/mol. The average molecular weight is 392 g/mol. The van der Waals surface area contributed by atoms with Crippen LogP contribution in [0.3, 0.4) is 0 Å². The maximum Gasteiger partial charge on any atom is 0.114 e. The van der Waals surface area contributed by atoms with Gasteiger partial charge >= 0.3 is 0 Å². The van der Waals surface area contributed by atoms with Crippen LogP contribution in [0.25, 0.3) is 27.7 Å². The fourth-order valence-corrected chi connectivity index (χ4v) is 4.97. The summed E-state index contributed by atoms with van der Waals surface area (Å²) < 4.78 is 0. The second-order valence-electron chi connectivity index (χ2n) is 7.88. The van der Waals surface area contributed by atoms with Crippen molar-refractivity contribution in [2.24, 2.45) is 0 Å². The second-order valence-corrected chi connectivity index (χ2v) is 7.88. The summed E-state index contributed by atoms with van der Waals surface area (Å²) in [5.41, 5.74) is 7.32. The van der Waals surface area contributed by atoms with E-state index in [1.54, 1.807) is 0 Å². The summed E-state index contributed by atoms with van der Waals surface area (Å²) in [7, 11) is 0. The van der Waals surface area contributed by atoms with E-state index in [1.165, 1.54) is 0 Å². The van der Waals surface area contributed by atoms with E-state index in [1.807, 2.05) is 30.3 Å². The number of nitrogens with zero attached hydrogens (tertiary/aromatic N) is 1. The van der Waals surface area contributed by atoms with Crippen LogP contribution in [0, 0.1) is 0 Å². The zero-order valence-electron chi connectivity index (χ0n) is 17.4. The number of benzene rings is 3. The zero-order chi connectivity index (χ0) is 20.7. The van der Waals surface area contributed by atoms with Crippen LogP contribution in [0.4, 0.5) is 0 Å². The van der Waals surface area contributed by atoms with Crippen LogP contribution in [0.15, 0.2) is 90.5 Å². The third-order valence-electron chi connectivity index (χ3n) is 6.33. The van der Waals surface area contributed by atoms with Crippen LogP contribution in [-0.2, 0) is 5.60 Å². The highest BCUT2D eigenvalue weighted by Crippen LogP contribution is 2.54. The van der Waals surface area contributed by atoms with Crippen LogP contribution in [0.1, 0.15) is 43.4 Å². The average Bonchev–Trinajstić information content (AvgIpc) is 3.09. The lowest BCUT2D eigenvalue weighted by Gasteiger charge is -2.28. The summed E-state index contributed by atoms with van der Waals surface area (Å²) in [5, 5.41) is 13.2. The molecule has 3 aromatic carbocycles. The van der Waals surface area contributed by atoms with Gasteiger partial charge in [0.2, 0.25) is 0 Å². The summed E-state index contributed by atoms with van der Waals surface area (Å²) in [6.45, 7) is 4.21. The van der Waals surface area contributed by atoms with E-state index in [0.29, 0.717) is 6.42 Å². The number of pyridine rings is 1. The summed E-state index contributed by atoms with van der Waals surface area (Å²) in [4.78, 5) is 5.07. The van der Waals surface area contributed by atoms with Gasteiger partial charge in [-0.1, -0.05) is 92.7 Å². The standard InChI is InChI=1S/C28H25NO/c1-3-22-24(19-13-7-5-8-14-19)25-21-17-11-12-18-23(21)29-27(20-15-9-6-10-16-20)26(25)28(22,30)4-2/h5-18,30H,3-4H2,1-2H3. The first kappa shape index (κ1) is 18.8. The van der Waals surface area contributed by atoms with Crippen molar-refractivity contribution in [3.63, 3.8) is 0 Å². The van der Waals surface area contributed by atoms with Crippen LogP contribution in [0.2, 0.25) is 0 Å². The van der Waals surface area contributed by atoms with Crippen molar-refractivity contribution in [1.82, 2.24) is 4.98 Å². The molecule has 1 heterocycles. The fraction of sp³-hybridized carbons (Fsp3) is 0.179. The number of para-hydroxylation sites is 1. The molecule has 30 heavy (non-hydrogen) atoms. The smallest absolute Gasteiger partial charge is 0.114 e. The molecule has 1 N–H and O–H groups in total. The molecule has 4 aromatic rings. The monoisotopic (exact) mass is 391 g/mol. The molecule has 2 nitrogen and oxygen atoms in total. The van der Waals surface area contributed by atoms with Crippen molar-refractivity contribution < 1.29 is 5.11 Å². The predicted octanol–water partition coefficient (Wildman–Crippen LogP) is 6.72. The molecule has 0 aliphatic heterocycles. The number of hydrogen-bond donors (Lipinski definition) is 1. The Morgan fingerprint density at radius 1 is 0.767 bits per heavy atom. The van der Waals surface area contributed by atoms with E-state index in [-0.39, 0.29) is 0 Å². The minimum atomic E-state index is -1.03. The molecule has 0 spiro atoms. The Hall–Kier alpha value is -3.23. The molecule has 1 aliphatic carbocycles. The third-order valence-corrected chi connectivity index (χ3v) is 6.33. The maximum atomic E-state index is 12.1. The van der Waals surface area contributed by atoms with E-state index in [9.17, 15) is 5.11 Å². The van der Waals surface area contributed by atoms with Gasteiger partial charge in [-0.2, -0.15) is 0 Å². The Bertz CT molecular complexity index is 1260. The van der Waals surface area contributed by atoms with Crippen molar-refractivity contribution in [3.8, 4) is 11.3 Å². The Morgan fingerprint density at radius 2 is 1.37 bits per heavy atom. The summed E-state index contributed by atoms with van der Waals surface area (Å²) in [5.74, 6) is 0. The van der Waals surface area contributed by atoms with Gasteiger partial charge in [0.25, 0.3) is 0 Å². The van der Waals surface area contributed by atoms with E-state index in [0.717, 1.165) is 56.4 Å². The molecule has 0 fully saturated rings. The van der Waals surface area contributed by atoms with Crippen molar-refractivity contribution >= 4 is 16.5 Å². The first-order valence-corrected chi connectivity index (χ1v) is 10.7. The van der Waals surface area contributed by atoms with Gasteiger partial charge in [0.1, 0.15) is 5.60 Å². The van der Waals surface area contributed by atoms with E-state index in [2.05, 4.69) is 68.4 Å². The summed E-state index contributed by atoms with van der Waals surface area (Å²) in [6.07, 6.45) is 1.39. The first-order chi connectivity index (χ1) is 14.7. The van der Waals surface area contributed by atoms with Gasteiger partial charge in [0.15, 0.2) is 0 Å². The largest absolute Gasteiger partial charge is 0.381 e. The van der Waals surface area contributed by atoms with Crippen LogP contribution in [-0.4, -0.2) is 10.1 Å². The Kier molecular flexibility index (Phi) is 4.52. The number of aliphatic hydroxyl groups is 1. The molecule has 1 atom stereocenters. The molecule has 1 unspecified atom stereocenters. The fourth-order valence-electron chi connectivity index (χ4n) is 4.97. The van der Waals surface area contributed by atoms with E-state index < -0.39 is 5.60 Å². The Morgan fingerprint density at radius 3 is 2.00 bits per heavy atom. The number of aromatic nitrogens is 1. The quantitative estimate of drug-likeness (QED) is 0.419. The normalized spacial score (nSPS) is 18.1. The van der Waals surface area contributed by atoms with Gasteiger partial charge in [-0.05, 0) is 35.6 Å². The van der Waals surface area contributed by atoms with Crippen molar-refractivity contribution in [3.05, 3.63) is 107 Å². The SMILES string of the molecule is CCC1=C(c2ccccc2)c2c(c(-c3ccccc3)nc3ccccc23)C1(O)CC. The van der Waals surface area contributed by atoms with E-state index >= 15 is 0 Å². The minimum absolute atomic E-state index is 0.610. The molecule has 5 rings (SSSR count). The molecular formula is C28H25NO. The topological polar surface area (TPSA) is 33.1 Å².